The molecule has 2 aromatic carbocycles. The number of hydrogen-bond donors (Lipinski definition) is 3. The molecule has 0 saturated heterocycles. The predicted octanol–water partition coefficient (Wildman–Crippen LogP) is 3.23. The largest absolute Gasteiger partial charge is 0.508 e. The van der Waals surface area contributed by atoms with Gasteiger partial charge in [0.15, 0.2) is 0 Å². The normalized spacial score (nSPS) is 18.7. The van der Waals surface area contributed by atoms with Crippen molar-refractivity contribution in [2.75, 3.05) is 6.54 Å². The summed E-state index contributed by atoms with van der Waals surface area (Å²) in [5.74, 6) is 0.320. The molecule has 4 heteroatoms. The van der Waals surface area contributed by atoms with Crippen molar-refractivity contribution < 1.29 is 10.2 Å². The molecule has 3 rings (SSSR count). The summed E-state index contributed by atoms with van der Waals surface area (Å²) in [5.41, 5.74) is 3.38. The summed E-state index contributed by atoms with van der Waals surface area (Å²) in [7, 11) is 0. The Kier molecular flexibility index (Phi) is 4.67. The summed E-state index contributed by atoms with van der Waals surface area (Å²) in [6.07, 6.45) is 2.40. The quantitative estimate of drug-likeness (QED) is 0.811. The van der Waals surface area contributed by atoms with Crippen molar-refractivity contribution >= 4 is 11.6 Å². The molecule has 0 fully saturated rings. The molecule has 22 heavy (non-hydrogen) atoms. The van der Waals surface area contributed by atoms with Crippen molar-refractivity contribution in [1.82, 2.24) is 5.32 Å². The van der Waals surface area contributed by atoms with Gasteiger partial charge in [-0.1, -0.05) is 29.8 Å². The van der Waals surface area contributed by atoms with Crippen molar-refractivity contribution in [3.8, 4) is 5.75 Å². The Morgan fingerprint density at radius 2 is 1.91 bits per heavy atom. The van der Waals surface area contributed by atoms with Gasteiger partial charge in [-0.2, -0.15) is 0 Å². The second-order valence-electron chi connectivity index (χ2n) is 5.87. The van der Waals surface area contributed by atoms with Gasteiger partial charge in [-0.05, 0) is 60.2 Å². The topological polar surface area (TPSA) is 52.5 Å². The zero-order valence-electron chi connectivity index (χ0n) is 12.3. The zero-order valence-corrected chi connectivity index (χ0v) is 13.1. The van der Waals surface area contributed by atoms with Crippen LogP contribution in [0.3, 0.4) is 0 Å². The maximum absolute atomic E-state index is 10.2. The number of halogens is 1. The number of aryl methyl sites for hydroxylation is 1. The van der Waals surface area contributed by atoms with E-state index in [0.29, 0.717) is 23.4 Å². The van der Waals surface area contributed by atoms with Crippen LogP contribution in [0, 0.1) is 0 Å². The Bertz CT molecular complexity index is 642. The van der Waals surface area contributed by atoms with Gasteiger partial charge in [-0.15, -0.1) is 0 Å². The van der Waals surface area contributed by atoms with Gasteiger partial charge in [-0.25, -0.2) is 0 Å². The van der Waals surface area contributed by atoms with Crippen LogP contribution in [0.2, 0.25) is 5.02 Å². The molecule has 0 saturated carbocycles. The summed E-state index contributed by atoms with van der Waals surface area (Å²) in [4.78, 5) is 0. The summed E-state index contributed by atoms with van der Waals surface area (Å²) in [6.45, 7) is 0.514. The second-order valence-corrected chi connectivity index (χ2v) is 6.30. The molecule has 0 radical (unpaired) electrons. The van der Waals surface area contributed by atoms with Gasteiger partial charge in [0.25, 0.3) is 0 Å². The second kappa shape index (κ2) is 6.69. The minimum absolute atomic E-state index is 0.320. The van der Waals surface area contributed by atoms with Crippen LogP contribution in [0.15, 0.2) is 42.5 Å². The highest BCUT2D eigenvalue weighted by atomic mass is 35.5. The zero-order chi connectivity index (χ0) is 15.5. The van der Waals surface area contributed by atoms with Gasteiger partial charge >= 0.3 is 0 Å². The van der Waals surface area contributed by atoms with Crippen LogP contribution in [0.4, 0.5) is 0 Å². The van der Waals surface area contributed by atoms with E-state index in [2.05, 4.69) is 5.32 Å². The Morgan fingerprint density at radius 1 is 1.14 bits per heavy atom. The van der Waals surface area contributed by atoms with Crippen molar-refractivity contribution in [3.05, 3.63) is 64.2 Å². The number of benzene rings is 2. The molecule has 0 aliphatic heterocycles. The van der Waals surface area contributed by atoms with Crippen LogP contribution in [-0.4, -0.2) is 22.8 Å². The van der Waals surface area contributed by atoms with E-state index in [0.717, 1.165) is 24.8 Å². The fraction of sp³-hybridized carbons (Fsp3) is 0.333. The highest BCUT2D eigenvalue weighted by molar-refractivity contribution is 6.30. The lowest BCUT2D eigenvalue weighted by Crippen LogP contribution is -2.37. The average Bonchev–Trinajstić information content (AvgIpc) is 2.53. The number of fused-ring (bicyclic) bond motifs is 1. The minimum Gasteiger partial charge on any atom is -0.508 e. The molecule has 0 bridgehead atoms. The van der Waals surface area contributed by atoms with Crippen molar-refractivity contribution in [2.24, 2.45) is 0 Å². The third-order valence-electron chi connectivity index (χ3n) is 4.27. The van der Waals surface area contributed by atoms with E-state index in [4.69, 9.17) is 11.6 Å². The van der Waals surface area contributed by atoms with Gasteiger partial charge < -0.3 is 15.5 Å². The smallest absolute Gasteiger partial charge is 0.115 e. The molecule has 1 aliphatic carbocycles. The number of aliphatic hydroxyl groups excluding tert-OH is 1. The summed E-state index contributed by atoms with van der Waals surface area (Å²) in [5, 5.41) is 23.9. The summed E-state index contributed by atoms with van der Waals surface area (Å²) < 4.78 is 0. The highest BCUT2D eigenvalue weighted by Gasteiger charge is 2.19. The average molecular weight is 318 g/mol. The van der Waals surface area contributed by atoms with Crippen LogP contribution >= 0.6 is 11.6 Å². The van der Waals surface area contributed by atoms with Gasteiger partial charge in [0.1, 0.15) is 5.75 Å². The number of aromatic hydroxyl groups is 1. The van der Waals surface area contributed by atoms with Gasteiger partial charge in [0.2, 0.25) is 0 Å². The van der Waals surface area contributed by atoms with E-state index in [1.54, 1.807) is 18.2 Å². The molecule has 2 aromatic rings. The van der Waals surface area contributed by atoms with Gasteiger partial charge in [0, 0.05) is 17.6 Å². The number of hydrogen-bond acceptors (Lipinski definition) is 3. The third kappa shape index (κ3) is 3.61. The van der Waals surface area contributed by atoms with Crippen LogP contribution in [0.1, 0.15) is 29.2 Å². The molecular weight excluding hydrogens is 298 g/mol. The Balaban J connectivity index is 1.57. The van der Waals surface area contributed by atoms with Crippen LogP contribution in [0.5, 0.6) is 5.75 Å². The lowest BCUT2D eigenvalue weighted by Gasteiger charge is -2.26. The number of phenols is 1. The lowest BCUT2D eigenvalue weighted by atomic mass is 9.88. The third-order valence-corrected chi connectivity index (χ3v) is 4.52. The summed E-state index contributed by atoms with van der Waals surface area (Å²) >= 11 is 5.86. The van der Waals surface area contributed by atoms with Crippen LogP contribution < -0.4 is 5.32 Å². The number of phenolic OH excluding ortho intramolecular Hbond substituents is 1. The van der Waals surface area contributed by atoms with E-state index < -0.39 is 6.10 Å². The van der Waals surface area contributed by atoms with Gasteiger partial charge in [0.05, 0.1) is 6.10 Å². The fourth-order valence-corrected chi connectivity index (χ4v) is 3.12. The molecule has 3 nitrogen and oxygen atoms in total. The van der Waals surface area contributed by atoms with E-state index in [1.807, 2.05) is 24.3 Å². The van der Waals surface area contributed by atoms with E-state index in [9.17, 15) is 10.2 Å². The van der Waals surface area contributed by atoms with Crippen molar-refractivity contribution in [1.29, 1.82) is 0 Å². The maximum Gasteiger partial charge on any atom is 0.115 e. The predicted molar refractivity (Wildman–Crippen MR) is 88.3 cm³/mol. The first-order valence-electron chi connectivity index (χ1n) is 7.59. The van der Waals surface area contributed by atoms with E-state index >= 15 is 0 Å². The van der Waals surface area contributed by atoms with E-state index in [1.165, 1.54) is 11.1 Å². The highest BCUT2D eigenvalue weighted by Crippen LogP contribution is 2.25. The first-order chi connectivity index (χ1) is 10.6. The molecule has 2 atom stereocenters. The number of nitrogens with one attached hydrogen (secondary N) is 1. The number of rotatable bonds is 4. The molecular formula is C18H20ClNO2. The van der Waals surface area contributed by atoms with Crippen LogP contribution in [-0.2, 0) is 12.8 Å². The first kappa shape index (κ1) is 15.3. The molecule has 1 aliphatic rings. The molecule has 3 N–H and O–H groups in total. The van der Waals surface area contributed by atoms with Crippen molar-refractivity contribution in [2.45, 2.75) is 31.4 Å². The van der Waals surface area contributed by atoms with E-state index in [-0.39, 0.29) is 0 Å². The molecule has 0 amide bonds. The SMILES string of the molecule is Oc1ccc2c(c1)C[C@@H](NC[C@H](O)c1ccc(Cl)cc1)CC2. The molecule has 116 valence electrons. The lowest BCUT2D eigenvalue weighted by molar-refractivity contribution is 0.168. The minimum atomic E-state index is -0.539. The summed E-state index contributed by atoms with van der Waals surface area (Å²) in [6, 6.07) is 13.2. The fourth-order valence-electron chi connectivity index (χ4n) is 3.00. The monoisotopic (exact) mass is 317 g/mol. The maximum atomic E-state index is 10.2. The molecule has 0 spiro atoms. The Hall–Kier alpha value is -1.55. The number of aliphatic hydroxyl groups is 1. The van der Waals surface area contributed by atoms with Gasteiger partial charge in [-0.3, -0.25) is 0 Å². The molecule has 0 heterocycles. The van der Waals surface area contributed by atoms with Crippen molar-refractivity contribution in [3.63, 3.8) is 0 Å². The molecule has 0 aromatic heterocycles. The Morgan fingerprint density at radius 3 is 2.68 bits per heavy atom. The Labute approximate surface area is 135 Å². The van der Waals surface area contributed by atoms with Crippen LogP contribution in [0.25, 0.3) is 0 Å². The molecule has 0 unspecified atom stereocenters. The standard InChI is InChI=1S/C18H20ClNO2/c19-15-5-1-13(2-6-15)18(22)11-20-16-7-3-12-4-8-17(21)10-14(12)9-16/h1-2,4-6,8,10,16,18,20-22H,3,7,9,11H2/t16-,18-/m0/s1. The first-order valence-corrected chi connectivity index (χ1v) is 7.97.